The number of rotatable bonds is 5. The lowest BCUT2D eigenvalue weighted by Crippen LogP contribution is -2.62. The van der Waals surface area contributed by atoms with Gasteiger partial charge in [0.2, 0.25) is 7.37 Å². The quantitative estimate of drug-likeness (QED) is 0.767. The monoisotopic (exact) mass is 300 g/mol. The third kappa shape index (κ3) is 3.73. The Morgan fingerprint density at radius 3 is 2.75 bits per heavy atom. The van der Waals surface area contributed by atoms with Crippen molar-refractivity contribution in [3.63, 3.8) is 0 Å². The Balaban J connectivity index is 1.89. The lowest BCUT2D eigenvalue weighted by molar-refractivity contribution is 0.0279. The van der Waals surface area contributed by atoms with Gasteiger partial charge < -0.3 is 10.2 Å². The maximum atomic E-state index is 11.9. The molecule has 0 aromatic rings. The first-order valence-corrected chi connectivity index (χ1v) is 9.74. The summed E-state index contributed by atoms with van der Waals surface area (Å²) in [5.74, 6) is 0. The maximum absolute atomic E-state index is 11.9. The summed E-state index contributed by atoms with van der Waals surface area (Å²) in [7, 11) is -3.12. The highest BCUT2D eigenvalue weighted by Gasteiger charge is 2.39. The van der Waals surface area contributed by atoms with Crippen LogP contribution in [0.3, 0.4) is 0 Å². The predicted molar refractivity (Wildman–Crippen MR) is 84.4 cm³/mol. The third-order valence-electron chi connectivity index (χ3n) is 4.95. The Kier molecular flexibility index (Phi) is 5.47. The molecule has 0 amide bonds. The molecule has 0 bridgehead atoms. The molecule has 1 saturated heterocycles. The minimum Gasteiger partial charge on any atom is -0.341 e. The average Bonchev–Trinajstić information content (AvgIpc) is 2.42. The molecule has 20 heavy (non-hydrogen) atoms. The standard InChI is InChI=1S/C15H29N2O2P/c1-14(2)20(18,19)12-6-10-17-11-9-16-13-15(17)7-4-3-5-8-15/h16H,1,3-13H2,2H3,(H,18,19). The second kappa shape index (κ2) is 6.74. The zero-order valence-corrected chi connectivity index (χ0v) is 13.6. The first-order chi connectivity index (χ1) is 9.46. The highest BCUT2D eigenvalue weighted by molar-refractivity contribution is 7.62. The minimum atomic E-state index is -3.12. The van der Waals surface area contributed by atoms with Gasteiger partial charge in [0, 0.05) is 36.6 Å². The summed E-state index contributed by atoms with van der Waals surface area (Å²) < 4.78 is 11.9. The van der Waals surface area contributed by atoms with Crippen LogP contribution in [0.25, 0.3) is 0 Å². The number of nitrogens with one attached hydrogen (secondary N) is 1. The molecule has 2 aliphatic rings. The van der Waals surface area contributed by atoms with Gasteiger partial charge in [-0.25, -0.2) is 0 Å². The zero-order chi connectivity index (χ0) is 14.6. The van der Waals surface area contributed by atoms with E-state index in [1.165, 1.54) is 32.1 Å². The van der Waals surface area contributed by atoms with Gasteiger partial charge in [-0.2, -0.15) is 0 Å². The molecular formula is C15H29N2O2P. The molecule has 2 N–H and O–H groups in total. The molecule has 0 aromatic carbocycles. The Morgan fingerprint density at radius 2 is 2.10 bits per heavy atom. The molecule has 2 rings (SSSR count). The maximum Gasteiger partial charge on any atom is 0.224 e. The van der Waals surface area contributed by atoms with E-state index in [9.17, 15) is 9.46 Å². The van der Waals surface area contributed by atoms with E-state index in [-0.39, 0.29) is 0 Å². The molecule has 1 spiro atoms. The Bertz CT molecular complexity index is 383. The van der Waals surface area contributed by atoms with Crippen molar-refractivity contribution in [2.24, 2.45) is 0 Å². The van der Waals surface area contributed by atoms with Gasteiger partial charge in [0.1, 0.15) is 0 Å². The van der Waals surface area contributed by atoms with Crippen molar-refractivity contribution in [1.82, 2.24) is 10.2 Å². The molecule has 1 saturated carbocycles. The van der Waals surface area contributed by atoms with Crippen LogP contribution < -0.4 is 5.32 Å². The van der Waals surface area contributed by atoms with Crippen molar-refractivity contribution >= 4 is 7.37 Å². The first kappa shape index (κ1) is 16.2. The number of piperazine rings is 1. The number of nitrogens with zero attached hydrogens (tertiary/aromatic N) is 1. The number of hydrogen-bond donors (Lipinski definition) is 2. The van der Waals surface area contributed by atoms with Gasteiger partial charge in [-0.15, -0.1) is 0 Å². The fourth-order valence-corrected chi connectivity index (χ4v) is 4.55. The van der Waals surface area contributed by atoms with E-state index >= 15 is 0 Å². The van der Waals surface area contributed by atoms with Crippen LogP contribution >= 0.6 is 7.37 Å². The summed E-state index contributed by atoms with van der Waals surface area (Å²) in [6, 6.07) is 0. The number of hydrogen-bond acceptors (Lipinski definition) is 3. The summed E-state index contributed by atoms with van der Waals surface area (Å²) in [6.07, 6.45) is 7.72. The van der Waals surface area contributed by atoms with Crippen molar-refractivity contribution in [1.29, 1.82) is 0 Å². The Labute approximate surface area is 123 Å². The van der Waals surface area contributed by atoms with Gasteiger partial charge in [0.15, 0.2) is 0 Å². The molecule has 5 heteroatoms. The van der Waals surface area contributed by atoms with E-state index in [0.717, 1.165) is 32.6 Å². The molecule has 0 aromatic heterocycles. The van der Waals surface area contributed by atoms with Crippen LogP contribution in [0, 0.1) is 0 Å². The fraction of sp³-hybridized carbons (Fsp3) is 0.867. The van der Waals surface area contributed by atoms with Crippen LogP contribution in [0.5, 0.6) is 0 Å². The van der Waals surface area contributed by atoms with E-state index in [1.807, 2.05) is 0 Å². The molecular weight excluding hydrogens is 271 g/mol. The smallest absolute Gasteiger partial charge is 0.224 e. The Hall–Kier alpha value is -0.150. The van der Waals surface area contributed by atoms with Crippen molar-refractivity contribution in [2.45, 2.75) is 51.0 Å². The molecule has 116 valence electrons. The van der Waals surface area contributed by atoms with Crippen molar-refractivity contribution in [3.05, 3.63) is 11.9 Å². The SMILES string of the molecule is C=C(C)P(=O)(O)CCCN1CCNCC12CCCCC2. The molecule has 1 aliphatic heterocycles. The van der Waals surface area contributed by atoms with E-state index < -0.39 is 7.37 Å². The van der Waals surface area contributed by atoms with Gasteiger partial charge in [0.25, 0.3) is 0 Å². The van der Waals surface area contributed by atoms with E-state index in [0.29, 0.717) is 17.0 Å². The summed E-state index contributed by atoms with van der Waals surface area (Å²) in [6.45, 7) is 9.44. The highest BCUT2D eigenvalue weighted by Crippen LogP contribution is 2.48. The topological polar surface area (TPSA) is 52.6 Å². The summed E-state index contributed by atoms with van der Waals surface area (Å²) in [5, 5.41) is 3.98. The second-order valence-corrected chi connectivity index (χ2v) is 9.08. The van der Waals surface area contributed by atoms with Crippen LogP contribution in [0.15, 0.2) is 11.9 Å². The lowest BCUT2D eigenvalue weighted by atomic mass is 9.79. The predicted octanol–water partition coefficient (Wildman–Crippen LogP) is 2.79. The lowest BCUT2D eigenvalue weighted by Gasteiger charge is -2.50. The summed E-state index contributed by atoms with van der Waals surface area (Å²) in [4.78, 5) is 12.4. The molecule has 1 unspecified atom stereocenters. The van der Waals surface area contributed by atoms with Crippen LogP contribution in [0.4, 0.5) is 0 Å². The molecule has 0 radical (unpaired) electrons. The van der Waals surface area contributed by atoms with Gasteiger partial charge in [-0.3, -0.25) is 9.46 Å². The zero-order valence-electron chi connectivity index (χ0n) is 12.7. The van der Waals surface area contributed by atoms with Gasteiger partial charge in [0.05, 0.1) is 0 Å². The molecule has 1 atom stereocenters. The minimum absolute atomic E-state index is 0.319. The van der Waals surface area contributed by atoms with E-state index in [2.05, 4.69) is 16.8 Å². The third-order valence-corrected chi connectivity index (χ3v) is 7.07. The van der Waals surface area contributed by atoms with Crippen LogP contribution in [0.1, 0.15) is 45.4 Å². The van der Waals surface area contributed by atoms with E-state index in [4.69, 9.17) is 0 Å². The fourth-order valence-electron chi connectivity index (χ4n) is 3.60. The summed E-state index contributed by atoms with van der Waals surface area (Å²) in [5.41, 5.74) is 0.319. The van der Waals surface area contributed by atoms with E-state index in [1.54, 1.807) is 6.92 Å². The second-order valence-electron chi connectivity index (χ2n) is 6.46. The van der Waals surface area contributed by atoms with Crippen LogP contribution in [-0.4, -0.2) is 47.7 Å². The van der Waals surface area contributed by atoms with Crippen molar-refractivity contribution in [2.75, 3.05) is 32.3 Å². The molecule has 1 heterocycles. The largest absolute Gasteiger partial charge is 0.341 e. The molecule has 2 fully saturated rings. The van der Waals surface area contributed by atoms with Gasteiger partial charge in [-0.05, 0) is 32.7 Å². The highest BCUT2D eigenvalue weighted by atomic mass is 31.2. The van der Waals surface area contributed by atoms with Gasteiger partial charge >= 0.3 is 0 Å². The van der Waals surface area contributed by atoms with Crippen LogP contribution in [0.2, 0.25) is 0 Å². The summed E-state index contributed by atoms with van der Waals surface area (Å²) >= 11 is 0. The van der Waals surface area contributed by atoms with Crippen molar-refractivity contribution < 1.29 is 9.46 Å². The van der Waals surface area contributed by atoms with Gasteiger partial charge in [-0.1, -0.05) is 25.8 Å². The average molecular weight is 300 g/mol. The normalized spacial score (nSPS) is 26.3. The Morgan fingerprint density at radius 1 is 1.40 bits per heavy atom. The van der Waals surface area contributed by atoms with Crippen LogP contribution in [-0.2, 0) is 4.57 Å². The molecule has 4 nitrogen and oxygen atoms in total. The molecule has 1 aliphatic carbocycles. The van der Waals surface area contributed by atoms with Crippen molar-refractivity contribution in [3.8, 4) is 0 Å². The number of allylic oxidation sites excluding steroid dienone is 1. The first-order valence-electron chi connectivity index (χ1n) is 7.90.